The maximum atomic E-state index is 10.9. The van der Waals surface area contributed by atoms with Crippen LogP contribution in [0.4, 0.5) is 0 Å². The summed E-state index contributed by atoms with van der Waals surface area (Å²) in [5.74, 6) is -0.726. The van der Waals surface area contributed by atoms with Gasteiger partial charge in [-0.3, -0.25) is 4.79 Å². The van der Waals surface area contributed by atoms with Gasteiger partial charge >= 0.3 is 5.97 Å². The van der Waals surface area contributed by atoms with Crippen LogP contribution >= 0.6 is 0 Å². The molecule has 0 aliphatic rings. The van der Waals surface area contributed by atoms with Gasteiger partial charge in [-0.05, 0) is 32.1 Å². The van der Waals surface area contributed by atoms with E-state index in [9.17, 15) is 4.79 Å². The molecule has 0 unspecified atom stereocenters. The molecule has 0 spiro atoms. The van der Waals surface area contributed by atoms with E-state index in [1.54, 1.807) is 13.8 Å². The molecule has 0 aromatic rings. The third-order valence-corrected chi connectivity index (χ3v) is 2.28. The first-order chi connectivity index (χ1) is 6.21. The molecule has 0 aliphatic heterocycles. The van der Waals surface area contributed by atoms with Crippen molar-refractivity contribution in [2.45, 2.75) is 47.5 Å². The molecule has 0 aromatic carbocycles. The summed E-state index contributed by atoms with van der Waals surface area (Å²) in [6, 6.07) is 0. The SMILES string of the molecule is CCC=CC(C)(C)CC(C)(C)C(=O)O. The van der Waals surface area contributed by atoms with Gasteiger partial charge in [0.1, 0.15) is 0 Å². The van der Waals surface area contributed by atoms with Crippen LogP contribution in [0.2, 0.25) is 0 Å². The summed E-state index contributed by atoms with van der Waals surface area (Å²) in [5, 5.41) is 9.01. The summed E-state index contributed by atoms with van der Waals surface area (Å²) in [5.41, 5.74) is -0.695. The Bertz CT molecular complexity index is 224. The number of carboxylic acid groups (broad SMARTS) is 1. The summed E-state index contributed by atoms with van der Waals surface area (Å²) in [4.78, 5) is 10.9. The topological polar surface area (TPSA) is 37.3 Å². The zero-order valence-corrected chi connectivity index (χ0v) is 9.92. The predicted octanol–water partition coefficient (Wildman–Crippen LogP) is 3.48. The summed E-state index contributed by atoms with van der Waals surface area (Å²) >= 11 is 0. The second-order valence-corrected chi connectivity index (χ2v) is 5.17. The van der Waals surface area contributed by atoms with Crippen molar-refractivity contribution in [3.63, 3.8) is 0 Å². The van der Waals surface area contributed by atoms with Gasteiger partial charge < -0.3 is 5.11 Å². The van der Waals surface area contributed by atoms with Crippen molar-refractivity contribution < 1.29 is 9.90 Å². The Labute approximate surface area is 87.0 Å². The van der Waals surface area contributed by atoms with E-state index in [0.717, 1.165) is 6.42 Å². The van der Waals surface area contributed by atoms with E-state index in [-0.39, 0.29) is 5.41 Å². The second-order valence-electron chi connectivity index (χ2n) is 5.17. The Balaban J connectivity index is 4.49. The summed E-state index contributed by atoms with van der Waals surface area (Å²) in [6.07, 6.45) is 5.86. The smallest absolute Gasteiger partial charge is 0.309 e. The van der Waals surface area contributed by atoms with Crippen molar-refractivity contribution in [1.29, 1.82) is 0 Å². The molecule has 0 fully saturated rings. The van der Waals surface area contributed by atoms with Crippen molar-refractivity contribution >= 4 is 5.97 Å². The van der Waals surface area contributed by atoms with Crippen molar-refractivity contribution in [2.75, 3.05) is 0 Å². The fourth-order valence-corrected chi connectivity index (χ4v) is 1.71. The van der Waals surface area contributed by atoms with Crippen molar-refractivity contribution in [3.05, 3.63) is 12.2 Å². The molecule has 1 N–H and O–H groups in total. The van der Waals surface area contributed by atoms with Gasteiger partial charge in [-0.2, -0.15) is 0 Å². The van der Waals surface area contributed by atoms with Gasteiger partial charge in [0.05, 0.1) is 5.41 Å². The highest BCUT2D eigenvalue weighted by atomic mass is 16.4. The average molecular weight is 198 g/mol. The summed E-state index contributed by atoms with van der Waals surface area (Å²) < 4.78 is 0. The maximum absolute atomic E-state index is 10.9. The maximum Gasteiger partial charge on any atom is 0.309 e. The van der Waals surface area contributed by atoms with Crippen LogP contribution in [0.25, 0.3) is 0 Å². The lowest BCUT2D eigenvalue weighted by atomic mass is 9.75. The molecule has 2 heteroatoms. The molecule has 0 atom stereocenters. The van der Waals surface area contributed by atoms with E-state index in [1.165, 1.54) is 0 Å². The van der Waals surface area contributed by atoms with Gasteiger partial charge in [0, 0.05) is 0 Å². The van der Waals surface area contributed by atoms with Crippen molar-refractivity contribution in [2.24, 2.45) is 10.8 Å². The third-order valence-electron chi connectivity index (χ3n) is 2.28. The largest absolute Gasteiger partial charge is 0.481 e. The first-order valence-corrected chi connectivity index (χ1v) is 5.12. The van der Waals surface area contributed by atoms with Crippen LogP contribution in [-0.2, 0) is 4.79 Å². The van der Waals surface area contributed by atoms with Gasteiger partial charge in [-0.25, -0.2) is 0 Å². The number of hydrogen-bond donors (Lipinski definition) is 1. The van der Waals surface area contributed by atoms with Crippen LogP contribution < -0.4 is 0 Å². The standard InChI is InChI=1S/C12H22O2/c1-6-7-8-11(2,3)9-12(4,5)10(13)14/h7-8H,6,9H2,1-5H3,(H,13,14). The Kier molecular flexibility index (Phi) is 4.37. The molecule has 82 valence electrons. The molecule has 0 saturated carbocycles. The van der Waals surface area contributed by atoms with Crippen LogP contribution in [0.5, 0.6) is 0 Å². The Morgan fingerprint density at radius 1 is 1.29 bits per heavy atom. The monoisotopic (exact) mass is 198 g/mol. The molecule has 0 aromatic heterocycles. The van der Waals surface area contributed by atoms with E-state index in [4.69, 9.17) is 5.11 Å². The number of hydrogen-bond acceptors (Lipinski definition) is 1. The number of aliphatic carboxylic acids is 1. The minimum absolute atomic E-state index is 0.0437. The zero-order valence-electron chi connectivity index (χ0n) is 9.92. The van der Waals surface area contributed by atoms with E-state index >= 15 is 0 Å². The average Bonchev–Trinajstić information content (AvgIpc) is 1.99. The quantitative estimate of drug-likeness (QED) is 0.687. The molecular formula is C12H22O2. The molecule has 14 heavy (non-hydrogen) atoms. The minimum Gasteiger partial charge on any atom is -0.481 e. The summed E-state index contributed by atoms with van der Waals surface area (Å²) in [7, 11) is 0. The van der Waals surface area contributed by atoms with Crippen LogP contribution in [0, 0.1) is 10.8 Å². The lowest BCUT2D eigenvalue weighted by Gasteiger charge is -2.29. The second kappa shape index (κ2) is 4.63. The van der Waals surface area contributed by atoms with Gasteiger partial charge in [-0.1, -0.05) is 32.9 Å². The molecule has 0 heterocycles. The van der Waals surface area contributed by atoms with Crippen LogP contribution in [-0.4, -0.2) is 11.1 Å². The molecule has 0 saturated heterocycles. The highest BCUT2D eigenvalue weighted by Crippen LogP contribution is 2.34. The first kappa shape index (κ1) is 13.2. The minimum atomic E-state index is -0.726. The molecular weight excluding hydrogens is 176 g/mol. The summed E-state index contributed by atoms with van der Waals surface area (Å²) in [6.45, 7) is 9.77. The first-order valence-electron chi connectivity index (χ1n) is 5.12. The third kappa shape index (κ3) is 4.45. The Morgan fingerprint density at radius 3 is 2.14 bits per heavy atom. The normalized spacial score (nSPS) is 13.5. The van der Waals surface area contributed by atoms with Crippen molar-refractivity contribution in [1.82, 2.24) is 0 Å². The highest BCUT2D eigenvalue weighted by molar-refractivity contribution is 5.73. The van der Waals surface area contributed by atoms with Crippen LogP contribution in [0.1, 0.15) is 47.5 Å². The van der Waals surface area contributed by atoms with E-state index < -0.39 is 11.4 Å². The molecule has 0 amide bonds. The fraction of sp³-hybridized carbons (Fsp3) is 0.750. The molecule has 0 bridgehead atoms. The fourth-order valence-electron chi connectivity index (χ4n) is 1.71. The molecule has 2 nitrogen and oxygen atoms in total. The van der Waals surface area contributed by atoms with Gasteiger partial charge in [0.2, 0.25) is 0 Å². The number of carboxylic acids is 1. The molecule has 0 aliphatic carbocycles. The van der Waals surface area contributed by atoms with Gasteiger partial charge in [-0.15, -0.1) is 0 Å². The Morgan fingerprint density at radius 2 is 1.79 bits per heavy atom. The molecule has 0 rings (SSSR count). The van der Waals surface area contributed by atoms with Gasteiger partial charge in [0.25, 0.3) is 0 Å². The zero-order chi connectivity index (χ0) is 11.4. The van der Waals surface area contributed by atoms with Gasteiger partial charge in [0.15, 0.2) is 0 Å². The molecule has 0 radical (unpaired) electrons. The number of rotatable bonds is 5. The predicted molar refractivity (Wildman–Crippen MR) is 59.2 cm³/mol. The van der Waals surface area contributed by atoms with Crippen LogP contribution in [0.15, 0.2) is 12.2 Å². The highest BCUT2D eigenvalue weighted by Gasteiger charge is 2.33. The Hall–Kier alpha value is -0.790. The van der Waals surface area contributed by atoms with Crippen LogP contribution in [0.3, 0.4) is 0 Å². The number of carbonyl (C=O) groups is 1. The lowest BCUT2D eigenvalue weighted by Crippen LogP contribution is -2.29. The van der Waals surface area contributed by atoms with E-state index in [0.29, 0.717) is 6.42 Å². The van der Waals surface area contributed by atoms with E-state index in [2.05, 4.69) is 32.9 Å². The van der Waals surface area contributed by atoms with Crippen molar-refractivity contribution in [3.8, 4) is 0 Å². The lowest BCUT2D eigenvalue weighted by molar-refractivity contribution is -0.148. The number of allylic oxidation sites excluding steroid dienone is 2. The van der Waals surface area contributed by atoms with E-state index in [1.807, 2.05) is 0 Å².